The molecule has 0 spiro atoms. The highest BCUT2D eigenvalue weighted by atomic mass is 32.2. The van der Waals surface area contributed by atoms with Crippen molar-refractivity contribution < 1.29 is 22.5 Å². The van der Waals surface area contributed by atoms with Crippen LogP contribution in [0.4, 0.5) is 15.8 Å². The van der Waals surface area contributed by atoms with Crippen LogP contribution in [0.5, 0.6) is 0 Å². The molecule has 0 saturated carbocycles. The summed E-state index contributed by atoms with van der Waals surface area (Å²) in [5.41, 5.74) is -0.656. The Hall–Kier alpha value is -2.85. The van der Waals surface area contributed by atoms with Gasteiger partial charge in [-0.1, -0.05) is 18.9 Å². The Labute approximate surface area is 167 Å². The van der Waals surface area contributed by atoms with E-state index in [0.717, 1.165) is 37.8 Å². The third-order valence-electron chi connectivity index (χ3n) is 4.70. The third kappa shape index (κ3) is 4.77. The smallest absolute Gasteiger partial charge is 0.306 e. The normalized spacial score (nSPS) is 15.5. The lowest BCUT2D eigenvalue weighted by atomic mass is 10.2. The SMILES string of the molecule is O=C(Nc1ccc(F)c([N+](=O)[O-])c1)c1cccc(S(=O)(=O)N2CCCCCC2)c1. The van der Waals surface area contributed by atoms with Crippen molar-refractivity contribution in [3.63, 3.8) is 0 Å². The molecule has 154 valence electrons. The van der Waals surface area contributed by atoms with Gasteiger partial charge in [0, 0.05) is 30.4 Å². The highest BCUT2D eigenvalue weighted by Gasteiger charge is 2.26. The molecule has 29 heavy (non-hydrogen) atoms. The molecule has 2 aromatic rings. The van der Waals surface area contributed by atoms with Gasteiger partial charge in [-0.25, -0.2) is 8.42 Å². The molecule has 0 aromatic heterocycles. The van der Waals surface area contributed by atoms with Crippen molar-refractivity contribution in [3.05, 3.63) is 64.0 Å². The van der Waals surface area contributed by atoms with E-state index >= 15 is 0 Å². The summed E-state index contributed by atoms with van der Waals surface area (Å²) in [5.74, 6) is -1.67. The van der Waals surface area contributed by atoms with Gasteiger partial charge < -0.3 is 5.32 Å². The van der Waals surface area contributed by atoms with E-state index in [4.69, 9.17) is 0 Å². The van der Waals surface area contributed by atoms with Gasteiger partial charge in [0.1, 0.15) is 0 Å². The molecule has 1 saturated heterocycles. The van der Waals surface area contributed by atoms with Gasteiger partial charge in [0.2, 0.25) is 15.8 Å². The summed E-state index contributed by atoms with van der Waals surface area (Å²) in [5, 5.41) is 13.3. The lowest BCUT2D eigenvalue weighted by molar-refractivity contribution is -0.387. The number of rotatable bonds is 5. The molecule has 0 bridgehead atoms. The molecule has 0 aliphatic carbocycles. The Balaban J connectivity index is 1.83. The zero-order valence-corrected chi connectivity index (χ0v) is 16.3. The summed E-state index contributed by atoms with van der Waals surface area (Å²) in [4.78, 5) is 22.5. The van der Waals surface area contributed by atoms with E-state index in [1.54, 1.807) is 0 Å². The minimum atomic E-state index is -3.72. The van der Waals surface area contributed by atoms with Crippen molar-refractivity contribution in [3.8, 4) is 0 Å². The molecule has 1 heterocycles. The number of amides is 1. The summed E-state index contributed by atoms with van der Waals surface area (Å²) in [7, 11) is -3.72. The number of hydrogen-bond acceptors (Lipinski definition) is 5. The largest absolute Gasteiger partial charge is 0.322 e. The maximum atomic E-state index is 13.4. The van der Waals surface area contributed by atoms with E-state index in [-0.39, 0.29) is 16.1 Å². The highest BCUT2D eigenvalue weighted by Crippen LogP contribution is 2.24. The summed E-state index contributed by atoms with van der Waals surface area (Å²) in [6.07, 6.45) is 3.56. The second-order valence-corrected chi connectivity index (χ2v) is 8.66. The fourth-order valence-corrected chi connectivity index (χ4v) is 4.73. The molecule has 1 aliphatic rings. The van der Waals surface area contributed by atoms with Gasteiger partial charge in [-0.2, -0.15) is 8.70 Å². The number of hydrogen-bond donors (Lipinski definition) is 1. The predicted molar refractivity (Wildman–Crippen MR) is 105 cm³/mol. The first-order valence-electron chi connectivity index (χ1n) is 9.14. The van der Waals surface area contributed by atoms with Crippen LogP contribution in [0.1, 0.15) is 36.0 Å². The molecule has 1 N–H and O–H groups in total. The fraction of sp³-hybridized carbons (Fsp3) is 0.316. The van der Waals surface area contributed by atoms with Crippen LogP contribution in [0.3, 0.4) is 0 Å². The van der Waals surface area contributed by atoms with Crippen LogP contribution in [0.2, 0.25) is 0 Å². The van der Waals surface area contributed by atoms with Gasteiger partial charge in [0.25, 0.3) is 5.91 Å². The molecule has 1 aliphatic heterocycles. The topological polar surface area (TPSA) is 110 Å². The van der Waals surface area contributed by atoms with Crippen LogP contribution in [0, 0.1) is 15.9 Å². The molecule has 3 rings (SSSR count). The van der Waals surface area contributed by atoms with Crippen LogP contribution in [0.15, 0.2) is 47.4 Å². The average molecular weight is 421 g/mol. The van der Waals surface area contributed by atoms with Gasteiger partial charge in [0.15, 0.2) is 0 Å². The summed E-state index contributed by atoms with van der Waals surface area (Å²) < 4.78 is 40.7. The Morgan fingerprint density at radius 3 is 2.41 bits per heavy atom. The van der Waals surface area contributed by atoms with Crippen molar-refractivity contribution in [2.45, 2.75) is 30.6 Å². The number of nitro benzene ring substituents is 1. The van der Waals surface area contributed by atoms with E-state index in [1.807, 2.05) is 0 Å². The molecule has 0 radical (unpaired) electrons. The van der Waals surface area contributed by atoms with Gasteiger partial charge in [0.05, 0.1) is 9.82 Å². The Bertz CT molecular complexity index is 1030. The first-order chi connectivity index (χ1) is 13.8. The number of anilines is 1. The molecule has 10 heteroatoms. The van der Waals surface area contributed by atoms with Crippen molar-refractivity contribution in [1.29, 1.82) is 0 Å². The zero-order valence-electron chi connectivity index (χ0n) is 15.5. The number of benzene rings is 2. The van der Waals surface area contributed by atoms with Gasteiger partial charge in [-0.05, 0) is 43.2 Å². The van der Waals surface area contributed by atoms with Crippen molar-refractivity contribution in [2.24, 2.45) is 0 Å². The zero-order chi connectivity index (χ0) is 21.0. The second kappa shape index (κ2) is 8.66. The first-order valence-corrected chi connectivity index (χ1v) is 10.6. The van der Waals surface area contributed by atoms with Crippen LogP contribution in [0.25, 0.3) is 0 Å². The molecule has 1 amide bonds. The van der Waals surface area contributed by atoms with E-state index in [9.17, 15) is 27.7 Å². The first kappa shape index (κ1) is 20.9. The molecule has 8 nitrogen and oxygen atoms in total. The van der Waals surface area contributed by atoms with Crippen LogP contribution in [-0.2, 0) is 10.0 Å². The number of halogens is 1. The van der Waals surface area contributed by atoms with Gasteiger partial charge in [-0.3, -0.25) is 14.9 Å². The number of sulfonamides is 1. The maximum Gasteiger partial charge on any atom is 0.306 e. The molecular weight excluding hydrogens is 401 g/mol. The summed E-state index contributed by atoms with van der Waals surface area (Å²) in [6.45, 7) is 0.885. The van der Waals surface area contributed by atoms with Crippen molar-refractivity contribution in [1.82, 2.24) is 4.31 Å². The molecular formula is C19H20FN3O5S. The number of carbonyl (C=O) groups is 1. The van der Waals surface area contributed by atoms with E-state index < -0.39 is 32.4 Å². The summed E-state index contributed by atoms with van der Waals surface area (Å²) in [6, 6.07) is 8.59. The van der Waals surface area contributed by atoms with E-state index in [0.29, 0.717) is 13.1 Å². The van der Waals surface area contributed by atoms with E-state index in [2.05, 4.69) is 5.32 Å². The number of nitro groups is 1. The Kier molecular flexibility index (Phi) is 6.23. The van der Waals surface area contributed by atoms with Crippen LogP contribution >= 0.6 is 0 Å². The lowest BCUT2D eigenvalue weighted by Gasteiger charge is -2.20. The average Bonchev–Trinajstić information content (AvgIpc) is 2.99. The van der Waals surface area contributed by atoms with Crippen LogP contribution < -0.4 is 5.32 Å². The summed E-state index contributed by atoms with van der Waals surface area (Å²) >= 11 is 0. The fourth-order valence-electron chi connectivity index (χ4n) is 3.16. The lowest BCUT2D eigenvalue weighted by Crippen LogP contribution is -2.32. The second-order valence-electron chi connectivity index (χ2n) is 6.72. The maximum absolute atomic E-state index is 13.4. The monoisotopic (exact) mass is 421 g/mol. The number of carbonyl (C=O) groups excluding carboxylic acids is 1. The van der Waals surface area contributed by atoms with E-state index in [1.165, 1.54) is 34.6 Å². The minimum absolute atomic E-state index is 0.0112. The highest BCUT2D eigenvalue weighted by molar-refractivity contribution is 7.89. The van der Waals surface area contributed by atoms with Gasteiger partial charge in [-0.15, -0.1) is 0 Å². The third-order valence-corrected chi connectivity index (χ3v) is 6.59. The van der Waals surface area contributed by atoms with Crippen molar-refractivity contribution >= 4 is 27.3 Å². The number of nitrogens with zero attached hydrogens (tertiary/aromatic N) is 2. The van der Waals surface area contributed by atoms with Gasteiger partial charge >= 0.3 is 5.69 Å². The molecule has 2 aromatic carbocycles. The quantitative estimate of drug-likeness (QED) is 0.586. The van der Waals surface area contributed by atoms with Crippen molar-refractivity contribution in [2.75, 3.05) is 18.4 Å². The Morgan fingerprint density at radius 1 is 1.07 bits per heavy atom. The number of nitrogens with one attached hydrogen (secondary N) is 1. The standard InChI is InChI=1S/C19H20FN3O5S/c20-17-9-8-15(13-18(17)23(25)26)21-19(24)14-6-5-7-16(12-14)29(27,28)22-10-3-1-2-4-11-22/h5-9,12-13H,1-4,10-11H2,(H,21,24). The molecule has 0 unspecified atom stereocenters. The molecule has 0 atom stereocenters. The minimum Gasteiger partial charge on any atom is -0.322 e. The predicted octanol–water partition coefficient (Wildman–Crippen LogP) is 3.55. The Morgan fingerprint density at radius 2 is 1.76 bits per heavy atom. The molecule has 1 fully saturated rings. The van der Waals surface area contributed by atoms with Crippen LogP contribution in [-0.4, -0.2) is 36.6 Å².